The molecular formula is C16H26F2O5S. The van der Waals surface area contributed by atoms with Crippen molar-refractivity contribution < 1.29 is 31.2 Å². The van der Waals surface area contributed by atoms with Crippen molar-refractivity contribution >= 4 is 10.1 Å². The van der Waals surface area contributed by atoms with E-state index in [1.807, 2.05) is 0 Å². The Balaban J connectivity index is 1.31. The van der Waals surface area contributed by atoms with Crippen molar-refractivity contribution in [1.29, 1.82) is 0 Å². The molecule has 0 aliphatic heterocycles. The zero-order valence-corrected chi connectivity index (χ0v) is 14.6. The van der Waals surface area contributed by atoms with Crippen molar-refractivity contribution in [2.24, 2.45) is 23.2 Å². The summed E-state index contributed by atoms with van der Waals surface area (Å²) >= 11 is 0. The van der Waals surface area contributed by atoms with E-state index >= 15 is 0 Å². The van der Waals surface area contributed by atoms with Crippen molar-refractivity contribution in [3.05, 3.63) is 0 Å². The van der Waals surface area contributed by atoms with Crippen molar-refractivity contribution in [3.8, 4) is 0 Å². The van der Waals surface area contributed by atoms with Gasteiger partial charge in [0.05, 0.1) is 6.61 Å². The third-order valence-electron chi connectivity index (χ3n) is 5.80. The number of hydrogen-bond donors (Lipinski definition) is 1. The van der Waals surface area contributed by atoms with Gasteiger partial charge in [0, 0.05) is 13.2 Å². The molecule has 0 aromatic carbocycles. The summed E-state index contributed by atoms with van der Waals surface area (Å²) in [7, 11) is -5.42. The van der Waals surface area contributed by atoms with Crippen molar-refractivity contribution in [1.82, 2.24) is 0 Å². The van der Waals surface area contributed by atoms with Crippen LogP contribution in [0, 0.1) is 23.2 Å². The molecule has 0 aromatic rings. The summed E-state index contributed by atoms with van der Waals surface area (Å²) in [4.78, 5) is 0. The van der Waals surface area contributed by atoms with Crippen LogP contribution < -0.4 is 0 Å². The molecule has 5 nitrogen and oxygen atoms in total. The molecule has 4 rings (SSSR count). The first-order chi connectivity index (χ1) is 11.2. The second-order valence-corrected chi connectivity index (χ2v) is 9.54. The van der Waals surface area contributed by atoms with Gasteiger partial charge in [0.25, 0.3) is 0 Å². The van der Waals surface area contributed by atoms with Gasteiger partial charge in [0.1, 0.15) is 6.61 Å². The Labute approximate surface area is 141 Å². The molecule has 8 heteroatoms. The number of hydrogen-bond acceptors (Lipinski definition) is 4. The van der Waals surface area contributed by atoms with E-state index < -0.39 is 22.0 Å². The molecule has 0 radical (unpaired) electrons. The molecule has 0 spiro atoms. The van der Waals surface area contributed by atoms with E-state index in [4.69, 9.17) is 9.29 Å². The lowest BCUT2D eigenvalue weighted by molar-refractivity contribution is -0.0985. The normalized spacial score (nSPS) is 35.5. The maximum absolute atomic E-state index is 12.9. The molecule has 0 saturated heterocycles. The highest BCUT2D eigenvalue weighted by Gasteiger charge is 2.50. The number of ether oxygens (including phenoxy) is 2. The SMILES string of the molecule is O=S(=O)(O)C(F)(F)COCCCOCC12CC3CC(CC(C3)C1)C2. The van der Waals surface area contributed by atoms with Gasteiger partial charge < -0.3 is 9.47 Å². The summed E-state index contributed by atoms with van der Waals surface area (Å²) in [5, 5.41) is -4.26. The molecule has 0 unspecified atom stereocenters. The maximum atomic E-state index is 12.9. The quantitative estimate of drug-likeness (QED) is 0.500. The molecule has 4 bridgehead atoms. The van der Waals surface area contributed by atoms with E-state index in [2.05, 4.69) is 4.74 Å². The van der Waals surface area contributed by atoms with Gasteiger partial charge in [-0.05, 0) is 68.1 Å². The molecule has 140 valence electrons. The van der Waals surface area contributed by atoms with Gasteiger partial charge in [-0.2, -0.15) is 17.2 Å². The largest absolute Gasteiger partial charge is 0.392 e. The first-order valence-electron chi connectivity index (χ1n) is 8.69. The molecular weight excluding hydrogens is 342 g/mol. The van der Waals surface area contributed by atoms with E-state index in [0.29, 0.717) is 18.4 Å². The summed E-state index contributed by atoms with van der Waals surface area (Å²) in [6.45, 7) is -0.205. The first-order valence-corrected chi connectivity index (χ1v) is 10.1. The number of halogens is 2. The van der Waals surface area contributed by atoms with Crippen LogP contribution in [0.4, 0.5) is 8.78 Å². The zero-order chi connectivity index (χ0) is 17.4. The lowest BCUT2D eigenvalue weighted by Gasteiger charge is -2.56. The Morgan fingerprint density at radius 1 is 1.00 bits per heavy atom. The van der Waals surface area contributed by atoms with Crippen LogP contribution in [-0.4, -0.2) is 44.7 Å². The number of rotatable bonds is 9. The van der Waals surface area contributed by atoms with Crippen molar-refractivity contribution in [3.63, 3.8) is 0 Å². The summed E-state index contributed by atoms with van der Waals surface area (Å²) in [6, 6.07) is 0. The molecule has 0 heterocycles. The highest BCUT2D eigenvalue weighted by Crippen LogP contribution is 2.60. The predicted octanol–water partition coefficient (Wildman–Crippen LogP) is 3.11. The van der Waals surface area contributed by atoms with Gasteiger partial charge in [0.15, 0.2) is 0 Å². The molecule has 4 fully saturated rings. The Hall–Kier alpha value is -0.310. The minimum absolute atomic E-state index is 0.0218. The van der Waals surface area contributed by atoms with Crippen molar-refractivity contribution in [2.75, 3.05) is 26.4 Å². The Morgan fingerprint density at radius 2 is 1.50 bits per heavy atom. The van der Waals surface area contributed by atoms with E-state index in [-0.39, 0.29) is 6.61 Å². The molecule has 24 heavy (non-hydrogen) atoms. The van der Waals surface area contributed by atoms with Crippen LogP contribution >= 0.6 is 0 Å². The average molecular weight is 368 g/mol. The van der Waals surface area contributed by atoms with Crippen LogP contribution in [0.3, 0.4) is 0 Å². The van der Waals surface area contributed by atoms with Gasteiger partial charge in [-0.3, -0.25) is 4.55 Å². The molecule has 1 N–H and O–H groups in total. The molecule has 4 aliphatic carbocycles. The lowest BCUT2D eigenvalue weighted by atomic mass is 9.50. The molecule has 0 aromatic heterocycles. The van der Waals surface area contributed by atoms with E-state index in [9.17, 15) is 17.2 Å². The highest BCUT2D eigenvalue weighted by atomic mass is 32.2. The summed E-state index contributed by atoms with van der Waals surface area (Å²) in [6.07, 6.45) is 8.36. The first kappa shape index (κ1) is 18.5. The Kier molecular flexibility index (Phi) is 5.22. The van der Waals surface area contributed by atoms with Gasteiger partial charge in [0.2, 0.25) is 0 Å². The van der Waals surface area contributed by atoms with Crippen LogP contribution in [0.2, 0.25) is 0 Å². The van der Waals surface area contributed by atoms with Gasteiger partial charge in [-0.15, -0.1) is 0 Å². The highest BCUT2D eigenvalue weighted by molar-refractivity contribution is 7.86. The molecule has 0 atom stereocenters. The van der Waals surface area contributed by atoms with E-state index in [1.54, 1.807) is 0 Å². The average Bonchev–Trinajstić information content (AvgIpc) is 2.43. The third kappa shape index (κ3) is 4.08. The van der Waals surface area contributed by atoms with Crippen LogP contribution in [-0.2, 0) is 19.6 Å². The van der Waals surface area contributed by atoms with Gasteiger partial charge in [-0.25, -0.2) is 0 Å². The maximum Gasteiger partial charge on any atom is 0.392 e. The molecule has 4 saturated carbocycles. The summed E-state index contributed by atoms with van der Waals surface area (Å²) in [5.41, 5.74) is 0.327. The van der Waals surface area contributed by atoms with E-state index in [1.165, 1.54) is 38.5 Å². The fourth-order valence-electron chi connectivity index (χ4n) is 5.28. The third-order valence-corrected chi connectivity index (χ3v) is 6.67. The monoisotopic (exact) mass is 368 g/mol. The van der Waals surface area contributed by atoms with Crippen molar-refractivity contribution in [2.45, 2.75) is 50.2 Å². The van der Waals surface area contributed by atoms with Crippen LogP contribution in [0.5, 0.6) is 0 Å². The minimum Gasteiger partial charge on any atom is -0.381 e. The fraction of sp³-hybridized carbons (Fsp3) is 1.00. The smallest absolute Gasteiger partial charge is 0.381 e. The topological polar surface area (TPSA) is 72.8 Å². The minimum atomic E-state index is -5.42. The van der Waals surface area contributed by atoms with Gasteiger partial charge in [-0.1, -0.05) is 0 Å². The Morgan fingerprint density at radius 3 is 2.00 bits per heavy atom. The second-order valence-electron chi connectivity index (χ2n) is 7.99. The zero-order valence-electron chi connectivity index (χ0n) is 13.8. The predicted molar refractivity (Wildman–Crippen MR) is 83.4 cm³/mol. The van der Waals surface area contributed by atoms with E-state index in [0.717, 1.165) is 24.4 Å². The lowest BCUT2D eigenvalue weighted by Crippen LogP contribution is -2.48. The van der Waals surface area contributed by atoms with Crippen LogP contribution in [0.1, 0.15) is 44.9 Å². The van der Waals surface area contributed by atoms with Crippen LogP contribution in [0.25, 0.3) is 0 Å². The second kappa shape index (κ2) is 6.78. The van der Waals surface area contributed by atoms with Gasteiger partial charge >= 0.3 is 15.4 Å². The summed E-state index contributed by atoms with van der Waals surface area (Å²) < 4.78 is 65.5. The summed E-state index contributed by atoms with van der Waals surface area (Å²) in [5.74, 6) is 2.60. The number of alkyl halides is 2. The van der Waals surface area contributed by atoms with Crippen LogP contribution in [0.15, 0.2) is 0 Å². The molecule has 0 amide bonds. The molecule has 4 aliphatic rings. The standard InChI is InChI=1S/C16H26F2O5S/c17-16(18,24(19,20)21)11-23-3-1-2-22-10-15-7-12-4-13(8-15)6-14(5-12)9-15/h12-14H,1-11H2,(H,19,20,21). The Bertz CT molecular complexity index is 513. The fourth-order valence-corrected chi connectivity index (χ4v) is 5.52.